The van der Waals surface area contributed by atoms with Crippen molar-refractivity contribution >= 4 is 0 Å². The maximum absolute atomic E-state index is 13.5. The van der Waals surface area contributed by atoms with E-state index in [0.29, 0.717) is 12.5 Å². The minimum atomic E-state index is -1.04. The van der Waals surface area contributed by atoms with Crippen molar-refractivity contribution in [1.29, 1.82) is 0 Å². The van der Waals surface area contributed by atoms with Gasteiger partial charge < -0.3 is 10.1 Å². The van der Waals surface area contributed by atoms with Crippen LogP contribution in [0.1, 0.15) is 19.5 Å². The highest BCUT2D eigenvalue weighted by Crippen LogP contribution is 2.23. The molecule has 21 heavy (non-hydrogen) atoms. The first kappa shape index (κ1) is 15.3. The summed E-state index contributed by atoms with van der Waals surface area (Å²) >= 11 is 0. The maximum atomic E-state index is 13.5. The van der Waals surface area contributed by atoms with Crippen LogP contribution in [0.4, 0.5) is 8.78 Å². The van der Waals surface area contributed by atoms with Gasteiger partial charge in [-0.05, 0) is 30.7 Å². The second kappa shape index (κ2) is 7.08. The Bertz CT molecular complexity index is 588. The fourth-order valence-corrected chi connectivity index (χ4v) is 1.66. The Morgan fingerprint density at radius 1 is 1.14 bits per heavy atom. The van der Waals surface area contributed by atoms with Gasteiger partial charge in [0, 0.05) is 12.6 Å². The van der Waals surface area contributed by atoms with Crippen LogP contribution in [0, 0.1) is 17.6 Å². The fraction of sp³-hybridized carbons (Fsp3) is 0.333. The van der Waals surface area contributed by atoms with Gasteiger partial charge in [0.1, 0.15) is 0 Å². The average Bonchev–Trinajstić information content (AvgIpc) is 2.45. The monoisotopic (exact) mass is 293 g/mol. The molecule has 0 aliphatic heterocycles. The standard InChI is InChI=1S/C15H17F2N3O/c1-10(2)8-18-9-11-6-7-14(20-19-11)21-13-5-3-4-12(16)15(13)17/h3-7,10,18H,8-9H2,1-2H3. The SMILES string of the molecule is CC(C)CNCc1ccc(Oc2cccc(F)c2F)nn1. The highest BCUT2D eigenvalue weighted by Gasteiger charge is 2.10. The lowest BCUT2D eigenvalue weighted by molar-refractivity contribution is 0.400. The third-order valence-electron chi connectivity index (χ3n) is 2.68. The summed E-state index contributed by atoms with van der Waals surface area (Å²) in [4.78, 5) is 0. The Morgan fingerprint density at radius 3 is 2.62 bits per heavy atom. The maximum Gasteiger partial charge on any atom is 0.239 e. The van der Waals surface area contributed by atoms with E-state index >= 15 is 0 Å². The van der Waals surface area contributed by atoms with E-state index in [2.05, 4.69) is 29.4 Å². The number of nitrogens with zero attached hydrogens (tertiary/aromatic N) is 2. The first-order valence-corrected chi connectivity index (χ1v) is 6.71. The molecule has 1 N–H and O–H groups in total. The van der Waals surface area contributed by atoms with Crippen molar-refractivity contribution in [2.75, 3.05) is 6.54 Å². The van der Waals surface area contributed by atoms with Gasteiger partial charge in [-0.25, -0.2) is 4.39 Å². The molecular formula is C15H17F2N3O. The molecule has 0 spiro atoms. The van der Waals surface area contributed by atoms with Crippen LogP contribution < -0.4 is 10.1 Å². The average molecular weight is 293 g/mol. The van der Waals surface area contributed by atoms with Crippen molar-refractivity contribution < 1.29 is 13.5 Å². The molecular weight excluding hydrogens is 276 g/mol. The van der Waals surface area contributed by atoms with Crippen LogP contribution in [-0.4, -0.2) is 16.7 Å². The van der Waals surface area contributed by atoms with Gasteiger partial charge in [-0.2, -0.15) is 9.49 Å². The number of benzene rings is 1. The quantitative estimate of drug-likeness (QED) is 0.887. The van der Waals surface area contributed by atoms with Crippen LogP contribution >= 0.6 is 0 Å². The molecule has 112 valence electrons. The van der Waals surface area contributed by atoms with Crippen LogP contribution in [0.3, 0.4) is 0 Å². The zero-order valence-corrected chi connectivity index (χ0v) is 11.9. The fourth-order valence-electron chi connectivity index (χ4n) is 1.66. The third kappa shape index (κ3) is 4.46. The Hall–Kier alpha value is -2.08. The molecule has 4 nitrogen and oxygen atoms in total. The molecule has 1 aromatic carbocycles. The molecule has 0 saturated carbocycles. The lowest BCUT2D eigenvalue weighted by Crippen LogP contribution is -2.19. The molecule has 0 radical (unpaired) electrons. The highest BCUT2D eigenvalue weighted by molar-refractivity contribution is 5.29. The van der Waals surface area contributed by atoms with Gasteiger partial charge in [-0.3, -0.25) is 0 Å². The van der Waals surface area contributed by atoms with E-state index in [4.69, 9.17) is 4.74 Å². The lowest BCUT2D eigenvalue weighted by Gasteiger charge is -2.08. The summed E-state index contributed by atoms with van der Waals surface area (Å²) in [5, 5.41) is 11.0. The summed E-state index contributed by atoms with van der Waals surface area (Å²) in [6, 6.07) is 7.03. The zero-order chi connectivity index (χ0) is 15.2. The van der Waals surface area contributed by atoms with E-state index < -0.39 is 11.6 Å². The predicted molar refractivity (Wildman–Crippen MR) is 75.0 cm³/mol. The molecule has 2 aromatic rings. The molecule has 0 bridgehead atoms. The molecule has 0 aliphatic carbocycles. The Kier molecular flexibility index (Phi) is 5.16. The number of nitrogens with one attached hydrogen (secondary N) is 1. The summed E-state index contributed by atoms with van der Waals surface area (Å²) in [6.45, 7) is 5.71. The number of hydrogen-bond donors (Lipinski definition) is 1. The summed E-state index contributed by atoms with van der Waals surface area (Å²) in [5.41, 5.74) is 0.753. The normalized spacial score (nSPS) is 10.9. The highest BCUT2D eigenvalue weighted by atomic mass is 19.2. The number of hydrogen-bond acceptors (Lipinski definition) is 4. The predicted octanol–water partition coefficient (Wildman–Crippen LogP) is 3.29. The number of aromatic nitrogens is 2. The van der Waals surface area contributed by atoms with Crippen LogP contribution in [0.15, 0.2) is 30.3 Å². The van der Waals surface area contributed by atoms with Gasteiger partial charge >= 0.3 is 0 Å². The van der Waals surface area contributed by atoms with E-state index in [0.717, 1.165) is 18.3 Å². The number of rotatable bonds is 6. The van der Waals surface area contributed by atoms with Crippen LogP contribution in [0.25, 0.3) is 0 Å². The third-order valence-corrected chi connectivity index (χ3v) is 2.68. The molecule has 2 rings (SSSR count). The van der Waals surface area contributed by atoms with Crippen molar-refractivity contribution in [2.24, 2.45) is 5.92 Å². The molecule has 0 amide bonds. The second-order valence-electron chi connectivity index (χ2n) is 5.04. The summed E-state index contributed by atoms with van der Waals surface area (Å²) in [7, 11) is 0. The molecule has 0 fully saturated rings. The summed E-state index contributed by atoms with van der Waals surface area (Å²) in [5.74, 6) is -1.55. The largest absolute Gasteiger partial charge is 0.434 e. The van der Waals surface area contributed by atoms with Crippen molar-refractivity contribution in [3.63, 3.8) is 0 Å². The van der Waals surface area contributed by atoms with E-state index in [1.807, 2.05) is 0 Å². The van der Waals surface area contributed by atoms with Gasteiger partial charge in [0.2, 0.25) is 11.7 Å². The summed E-state index contributed by atoms with van der Waals surface area (Å²) < 4.78 is 31.7. The van der Waals surface area contributed by atoms with Crippen molar-refractivity contribution in [3.8, 4) is 11.6 Å². The van der Waals surface area contributed by atoms with Crippen LogP contribution in [0.2, 0.25) is 0 Å². The molecule has 0 saturated heterocycles. The lowest BCUT2D eigenvalue weighted by atomic mass is 10.2. The first-order valence-electron chi connectivity index (χ1n) is 6.71. The first-order chi connectivity index (χ1) is 10.1. The smallest absolute Gasteiger partial charge is 0.239 e. The van der Waals surface area contributed by atoms with Crippen LogP contribution in [-0.2, 0) is 6.54 Å². The molecule has 0 aliphatic rings. The molecule has 6 heteroatoms. The Balaban J connectivity index is 1.97. The molecule has 1 aromatic heterocycles. The molecule has 1 heterocycles. The number of halogens is 2. The van der Waals surface area contributed by atoms with Gasteiger partial charge in [0.15, 0.2) is 11.6 Å². The minimum Gasteiger partial charge on any atom is -0.434 e. The van der Waals surface area contributed by atoms with Crippen molar-refractivity contribution in [3.05, 3.63) is 47.7 Å². The summed E-state index contributed by atoms with van der Waals surface area (Å²) in [6.07, 6.45) is 0. The van der Waals surface area contributed by atoms with Crippen molar-refractivity contribution in [1.82, 2.24) is 15.5 Å². The Morgan fingerprint density at radius 2 is 1.95 bits per heavy atom. The van der Waals surface area contributed by atoms with E-state index in [9.17, 15) is 8.78 Å². The Labute approximate surface area is 122 Å². The van der Waals surface area contributed by atoms with E-state index in [-0.39, 0.29) is 11.6 Å². The topological polar surface area (TPSA) is 47.0 Å². The van der Waals surface area contributed by atoms with Gasteiger partial charge in [0.25, 0.3) is 0 Å². The number of ether oxygens (including phenoxy) is 1. The van der Waals surface area contributed by atoms with E-state index in [1.165, 1.54) is 12.1 Å². The van der Waals surface area contributed by atoms with Crippen molar-refractivity contribution in [2.45, 2.75) is 20.4 Å². The van der Waals surface area contributed by atoms with E-state index in [1.54, 1.807) is 12.1 Å². The molecule has 0 atom stereocenters. The van der Waals surface area contributed by atoms with Gasteiger partial charge in [-0.1, -0.05) is 19.9 Å². The zero-order valence-electron chi connectivity index (χ0n) is 11.9. The minimum absolute atomic E-state index is 0.118. The van der Waals surface area contributed by atoms with Gasteiger partial charge in [0.05, 0.1) is 5.69 Å². The van der Waals surface area contributed by atoms with Crippen LogP contribution in [0.5, 0.6) is 11.6 Å². The second-order valence-corrected chi connectivity index (χ2v) is 5.04. The van der Waals surface area contributed by atoms with Gasteiger partial charge in [-0.15, -0.1) is 5.10 Å². The molecule has 0 unspecified atom stereocenters.